The lowest BCUT2D eigenvalue weighted by molar-refractivity contribution is -0.143. The Morgan fingerprint density at radius 2 is 1.51 bits per heavy atom. The Bertz CT molecular complexity index is 874. The fourth-order valence-electron chi connectivity index (χ4n) is 2.99. The van der Waals surface area contributed by atoms with Gasteiger partial charge in [-0.3, -0.25) is 4.79 Å². The molecular formula is C25H37NO11. The Hall–Kier alpha value is -3.54. The third-order valence-electron chi connectivity index (χ3n) is 4.76. The fraction of sp³-hybridized carbons (Fsp3) is 0.600. The Labute approximate surface area is 216 Å². The summed E-state index contributed by atoms with van der Waals surface area (Å²) >= 11 is 0. The predicted molar refractivity (Wildman–Crippen MR) is 131 cm³/mol. The quantitative estimate of drug-likeness (QED) is 0.151. The van der Waals surface area contributed by atoms with Crippen molar-refractivity contribution in [3.63, 3.8) is 0 Å². The SMILES string of the molecule is CCCCCOC(=O)OC(C)CN[C@@H](Cc1ccc(OC(=O)OCC)c(OC(=O)OCC)c1)C(=O)OC. The van der Waals surface area contributed by atoms with E-state index >= 15 is 0 Å². The van der Waals surface area contributed by atoms with E-state index in [0.29, 0.717) is 5.56 Å². The lowest BCUT2D eigenvalue weighted by Gasteiger charge is -2.20. The summed E-state index contributed by atoms with van der Waals surface area (Å²) < 4.78 is 34.9. The Morgan fingerprint density at radius 1 is 0.865 bits per heavy atom. The first-order valence-corrected chi connectivity index (χ1v) is 12.2. The summed E-state index contributed by atoms with van der Waals surface area (Å²) in [6.45, 7) is 7.51. The van der Waals surface area contributed by atoms with Gasteiger partial charge in [0.1, 0.15) is 12.1 Å². The number of nitrogens with one attached hydrogen (secondary N) is 1. The van der Waals surface area contributed by atoms with Crippen molar-refractivity contribution in [1.29, 1.82) is 0 Å². The topological polar surface area (TPSA) is 145 Å². The van der Waals surface area contributed by atoms with Crippen LogP contribution in [0.25, 0.3) is 0 Å². The molecule has 37 heavy (non-hydrogen) atoms. The van der Waals surface area contributed by atoms with E-state index < -0.39 is 36.6 Å². The Kier molecular flexibility index (Phi) is 15.2. The maximum atomic E-state index is 12.4. The van der Waals surface area contributed by atoms with Gasteiger partial charge >= 0.3 is 24.4 Å². The summed E-state index contributed by atoms with van der Waals surface area (Å²) in [5.41, 5.74) is 0.544. The van der Waals surface area contributed by atoms with Gasteiger partial charge in [-0.2, -0.15) is 0 Å². The third kappa shape index (κ3) is 12.8. The second-order valence-electron chi connectivity index (χ2n) is 7.77. The molecule has 0 aliphatic heterocycles. The van der Waals surface area contributed by atoms with Gasteiger partial charge in [-0.05, 0) is 51.3 Å². The minimum Gasteiger partial charge on any atom is -0.468 e. The van der Waals surface area contributed by atoms with Crippen LogP contribution in [0.15, 0.2) is 18.2 Å². The van der Waals surface area contributed by atoms with Gasteiger partial charge < -0.3 is 38.5 Å². The number of benzene rings is 1. The van der Waals surface area contributed by atoms with Gasteiger partial charge in [0, 0.05) is 6.54 Å². The molecule has 2 atom stereocenters. The minimum atomic E-state index is -0.997. The Morgan fingerprint density at radius 3 is 2.11 bits per heavy atom. The van der Waals surface area contributed by atoms with E-state index in [0.717, 1.165) is 19.3 Å². The molecule has 0 amide bonds. The number of carbonyl (C=O) groups excluding carboxylic acids is 4. The van der Waals surface area contributed by atoms with Crippen molar-refractivity contribution in [2.75, 3.05) is 33.5 Å². The highest BCUT2D eigenvalue weighted by atomic mass is 16.7. The molecule has 1 rings (SSSR count). The van der Waals surface area contributed by atoms with E-state index in [-0.39, 0.29) is 44.3 Å². The maximum Gasteiger partial charge on any atom is 0.513 e. The van der Waals surface area contributed by atoms with E-state index in [4.69, 9.17) is 33.2 Å². The number of carbonyl (C=O) groups is 4. The van der Waals surface area contributed by atoms with Crippen LogP contribution >= 0.6 is 0 Å². The number of esters is 1. The average molecular weight is 528 g/mol. The highest BCUT2D eigenvalue weighted by molar-refractivity contribution is 5.76. The maximum absolute atomic E-state index is 12.4. The first-order chi connectivity index (χ1) is 17.7. The lowest BCUT2D eigenvalue weighted by Crippen LogP contribution is -2.43. The largest absolute Gasteiger partial charge is 0.513 e. The standard InChI is InChI=1S/C25H37NO11/c1-6-9-10-13-34-25(30)35-17(4)16-26-19(22(27)31-5)14-18-11-12-20(36-23(28)32-7-2)21(15-18)37-24(29)33-8-3/h11-12,15,17,19,26H,6-10,13-14,16H2,1-5H3/t17?,19-/m0/s1. The molecule has 1 aromatic carbocycles. The fourth-order valence-corrected chi connectivity index (χ4v) is 2.99. The highest BCUT2D eigenvalue weighted by Crippen LogP contribution is 2.30. The molecule has 0 aliphatic rings. The molecule has 0 saturated carbocycles. The van der Waals surface area contributed by atoms with Gasteiger partial charge in [0.15, 0.2) is 11.5 Å². The normalized spacial score (nSPS) is 12.0. The summed E-state index contributed by atoms with van der Waals surface area (Å²) in [4.78, 5) is 47.8. The summed E-state index contributed by atoms with van der Waals surface area (Å²) in [6, 6.07) is 3.58. The van der Waals surface area contributed by atoms with Crippen LogP contribution in [-0.4, -0.2) is 70.1 Å². The van der Waals surface area contributed by atoms with Gasteiger partial charge in [0.25, 0.3) is 0 Å². The number of methoxy groups -OCH3 is 1. The molecule has 0 aliphatic carbocycles. The first-order valence-electron chi connectivity index (χ1n) is 12.2. The molecule has 1 N–H and O–H groups in total. The van der Waals surface area contributed by atoms with Crippen LogP contribution in [0.3, 0.4) is 0 Å². The minimum absolute atomic E-state index is 0.0719. The van der Waals surface area contributed by atoms with Crippen molar-refractivity contribution in [3.8, 4) is 11.5 Å². The zero-order chi connectivity index (χ0) is 27.6. The van der Waals surface area contributed by atoms with Gasteiger partial charge in [0.05, 0.1) is 26.9 Å². The van der Waals surface area contributed by atoms with E-state index in [9.17, 15) is 19.2 Å². The molecule has 0 saturated heterocycles. The second kappa shape index (κ2) is 17.8. The monoisotopic (exact) mass is 527 g/mol. The number of rotatable bonds is 15. The summed E-state index contributed by atoms with van der Waals surface area (Å²) in [6.07, 6.45) is -0.515. The molecule has 0 radical (unpaired) electrons. The summed E-state index contributed by atoms with van der Waals surface area (Å²) in [5, 5.41) is 3.00. The molecule has 0 heterocycles. The van der Waals surface area contributed by atoms with Crippen molar-refractivity contribution >= 4 is 24.4 Å². The van der Waals surface area contributed by atoms with Crippen LogP contribution < -0.4 is 14.8 Å². The van der Waals surface area contributed by atoms with Crippen LogP contribution in [0.1, 0.15) is 52.5 Å². The Balaban J connectivity index is 2.88. The van der Waals surface area contributed by atoms with Crippen molar-refractivity contribution in [2.45, 2.75) is 65.5 Å². The van der Waals surface area contributed by atoms with Crippen LogP contribution in [0.5, 0.6) is 11.5 Å². The van der Waals surface area contributed by atoms with Gasteiger partial charge in [-0.15, -0.1) is 0 Å². The van der Waals surface area contributed by atoms with Gasteiger partial charge in [-0.25, -0.2) is 14.4 Å². The highest BCUT2D eigenvalue weighted by Gasteiger charge is 2.23. The number of hydrogen-bond donors (Lipinski definition) is 1. The van der Waals surface area contributed by atoms with E-state index in [2.05, 4.69) is 5.32 Å². The average Bonchev–Trinajstić information content (AvgIpc) is 2.85. The first kappa shape index (κ1) is 31.5. The number of ether oxygens (including phenoxy) is 7. The summed E-state index contributed by atoms with van der Waals surface area (Å²) in [5.74, 6) is -0.735. The molecule has 12 heteroatoms. The second-order valence-corrected chi connectivity index (χ2v) is 7.77. The smallest absolute Gasteiger partial charge is 0.468 e. The van der Waals surface area contributed by atoms with Crippen molar-refractivity contribution in [3.05, 3.63) is 23.8 Å². The van der Waals surface area contributed by atoms with Crippen molar-refractivity contribution in [2.24, 2.45) is 0 Å². The molecule has 1 unspecified atom stereocenters. The molecule has 0 aromatic heterocycles. The van der Waals surface area contributed by atoms with Crippen LogP contribution in [0.2, 0.25) is 0 Å². The zero-order valence-electron chi connectivity index (χ0n) is 22.0. The van der Waals surface area contributed by atoms with E-state index in [1.165, 1.54) is 19.2 Å². The van der Waals surface area contributed by atoms with Crippen molar-refractivity contribution in [1.82, 2.24) is 5.32 Å². The van der Waals surface area contributed by atoms with Crippen LogP contribution in [-0.2, 0) is 34.9 Å². The molecule has 0 fully saturated rings. The number of unbranched alkanes of at least 4 members (excludes halogenated alkanes) is 2. The molecule has 208 valence electrons. The van der Waals surface area contributed by atoms with Crippen LogP contribution in [0, 0.1) is 0 Å². The number of hydrogen-bond acceptors (Lipinski definition) is 12. The van der Waals surface area contributed by atoms with Crippen molar-refractivity contribution < 1.29 is 52.3 Å². The third-order valence-corrected chi connectivity index (χ3v) is 4.76. The summed E-state index contributed by atoms with van der Waals surface area (Å²) in [7, 11) is 1.25. The van der Waals surface area contributed by atoms with E-state index in [1.807, 2.05) is 6.92 Å². The van der Waals surface area contributed by atoms with E-state index in [1.54, 1.807) is 26.8 Å². The molecule has 0 spiro atoms. The van der Waals surface area contributed by atoms with Crippen LogP contribution in [0.4, 0.5) is 14.4 Å². The molecule has 1 aromatic rings. The van der Waals surface area contributed by atoms with Gasteiger partial charge in [-0.1, -0.05) is 25.8 Å². The van der Waals surface area contributed by atoms with Gasteiger partial charge in [0.2, 0.25) is 0 Å². The molecule has 0 bridgehead atoms. The lowest BCUT2D eigenvalue weighted by atomic mass is 10.0. The molecular weight excluding hydrogens is 490 g/mol. The predicted octanol–water partition coefficient (Wildman–Crippen LogP) is 4.16. The molecule has 12 nitrogen and oxygen atoms in total. The zero-order valence-corrected chi connectivity index (χ0v) is 22.0.